The van der Waals surface area contributed by atoms with E-state index in [1.54, 1.807) is 23.1 Å². The molecule has 2 heterocycles. The van der Waals surface area contributed by atoms with Crippen molar-refractivity contribution >= 4 is 5.91 Å². The highest BCUT2D eigenvalue weighted by molar-refractivity contribution is 5.95. The van der Waals surface area contributed by atoms with Crippen molar-refractivity contribution in [2.45, 2.75) is 12.5 Å². The highest BCUT2D eigenvalue weighted by Gasteiger charge is 2.25. The molecule has 2 N–H and O–H groups in total. The van der Waals surface area contributed by atoms with Crippen LogP contribution >= 0.6 is 0 Å². The highest BCUT2D eigenvalue weighted by Crippen LogP contribution is 2.32. The quantitative estimate of drug-likeness (QED) is 0.772. The zero-order chi connectivity index (χ0) is 11.8. The zero-order valence-electron chi connectivity index (χ0n) is 9.39. The van der Waals surface area contributed by atoms with E-state index in [9.17, 15) is 4.79 Å². The molecule has 3 rings (SSSR count). The van der Waals surface area contributed by atoms with Gasteiger partial charge in [0.2, 0.25) is 6.79 Å². The number of ether oxygens (including phenoxy) is 2. The molecule has 1 saturated heterocycles. The third kappa shape index (κ3) is 1.82. The monoisotopic (exact) mass is 234 g/mol. The fourth-order valence-electron chi connectivity index (χ4n) is 2.18. The van der Waals surface area contributed by atoms with Gasteiger partial charge < -0.3 is 20.1 Å². The molecule has 1 fully saturated rings. The summed E-state index contributed by atoms with van der Waals surface area (Å²) in [5, 5.41) is 0. The molecule has 0 spiro atoms. The maximum absolute atomic E-state index is 12.2. The van der Waals surface area contributed by atoms with Crippen molar-refractivity contribution in [1.29, 1.82) is 0 Å². The summed E-state index contributed by atoms with van der Waals surface area (Å²) < 4.78 is 10.5. The summed E-state index contributed by atoms with van der Waals surface area (Å²) in [5.41, 5.74) is 6.42. The first-order valence-electron chi connectivity index (χ1n) is 5.68. The zero-order valence-corrected chi connectivity index (χ0v) is 9.39. The minimum absolute atomic E-state index is 0.0104. The van der Waals surface area contributed by atoms with Gasteiger partial charge in [-0.2, -0.15) is 0 Å². The molecular weight excluding hydrogens is 220 g/mol. The van der Waals surface area contributed by atoms with E-state index in [2.05, 4.69) is 0 Å². The highest BCUT2D eigenvalue weighted by atomic mass is 16.7. The molecule has 0 radical (unpaired) electrons. The van der Waals surface area contributed by atoms with Gasteiger partial charge in [-0.3, -0.25) is 4.79 Å². The minimum atomic E-state index is 0.0104. The Morgan fingerprint density at radius 2 is 2.18 bits per heavy atom. The maximum Gasteiger partial charge on any atom is 0.254 e. The van der Waals surface area contributed by atoms with Gasteiger partial charge in [0.25, 0.3) is 5.91 Å². The van der Waals surface area contributed by atoms with E-state index in [1.165, 1.54) is 0 Å². The Morgan fingerprint density at radius 1 is 1.35 bits per heavy atom. The molecule has 0 aliphatic carbocycles. The summed E-state index contributed by atoms with van der Waals surface area (Å²) in [4.78, 5) is 13.9. The molecule has 90 valence electrons. The largest absolute Gasteiger partial charge is 0.454 e. The van der Waals surface area contributed by atoms with Crippen LogP contribution in [0.3, 0.4) is 0 Å². The van der Waals surface area contributed by atoms with Gasteiger partial charge in [-0.1, -0.05) is 0 Å². The number of nitrogens with zero attached hydrogens (tertiary/aromatic N) is 1. The molecule has 1 atom stereocenters. The van der Waals surface area contributed by atoms with Crippen molar-refractivity contribution < 1.29 is 14.3 Å². The van der Waals surface area contributed by atoms with E-state index in [-0.39, 0.29) is 18.7 Å². The van der Waals surface area contributed by atoms with E-state index >= 15 is 0 Å². The number of fused-ring (bicyclic) bond motifs is 1. The Hall–Kier alpha value is -1.75. The van der Waals surface area contributed by atoms with Crippen LogP contribution in [-0.4, -0.2) is 36.7 Å². The predicted octanol–water partition coefficient (Wildman–Crippen LogP) is 0.588. The van der Waals surface area contributed by atoms with Crippen LogP contribution in [0.15, 0.2) is 18.2 Å². The Bertz CT molecular complexity index is 461. The van der Waals surface area contributed by atoms with E-state index < -0.39 is 0 Å². The van der Waals surface area contributed by atoms with E-state index in [4.69, 9.17) is 15.2 Å². The lowest BCUT2D eigenvalue weighted by Gasteiger charge is -2.15. The van der Waals surface area contributed by atoms with Crippen LogP contribution in [0.2, 0.25) is 0 Å². The van der Waals surface area contributed by atoms with Crippen molar-refractivity contribution in [1.82, 2.24) is 4.90 Å². The molecule has 5 nitrogen and oxygen atoms in total. The lowest BCUT2D eigenvalue weighted by molar-refractivity contribution is 0.0790. The molecule has 0 aromatic heterocycles. The van der Waals surface area contributed by atoms with Crippen LogP contribution in [0.1, 0.15) is 16.8 Å². The maximum atomic E-state index is 12.2. The molecule has 1 aromatic rings. The Kier molecular flexibility index (Phi) is 2.40. The standard InChI is InChI=1S/C12H14N2O3/c13-9-3-4-14(6-9)12(15)8-1-2-10-11(5-8)17-7-16-10/h1-2,5,9H,3-4,6-7,13H2/t9-/m1/s1. The minimum Gasteiger partial charge on any atom is -0.454 e. The Labute approximate surface area is 99.1 Å². The smallest absolute Gasteiger partial charge is 0.254 e. The second-order valence-corrected chi connectivity index (χ2v) is 4.37. The SMILES string of the molecule is N[C@@H]1CCN(C(=O)c2ccc3c(c2)OCO3)C1. The molecule has 1 amide bonds. The fraction of sp³-hybridized carbons (Fsp3) is 0.417. The second kappa shape index (κ2) is 3.92. The van der Waals surface area contributed by atoms with Gasteiger partial charge >= 0.3 is 0 Å². The number of rotatable bonds is 1. The van der Waals surface area contributed by atoms with Gasteiger partial charge in [0.05, 0.1) is 0 Å². The molecule has 17 heavy (non-hydrogen) atoms. The van der Waals surface area contributed by atoms with Gasteiger partial charge in [0.15, 0.2) is 11.5 Å². The molecular formula is C12H14N2O3. The molecule has 1 aromatic carbocycles. The summed E-state index contributed by atoms with van der Waals surface area (Å²) in [5.74, 6) is 1.34. The average molecular weight is 234 g/mol. The first kappa shape index (κ1) is 10.4. The summed E-state index contributed by atoms with van der Waals surface area (Å²) in [6.07, 6.45) is 0.871. The van der Waals surface area contributed by atoms with Crippen LogP contribution in [0.25, 0.3) is 0 Å². The Balaban J connectivity index is 1.82. The van der Waals surface area contributed by atoms with Crippen molar-refractivity contribution in [3.05, 3.63) is 23.8 Å². The normalized spacial score (nSPS) is 21.9. The van der Waals surface area contributed by atoms with Crippen LogP contribution in [0, 0.1) is 0 Å². The molecule has 2 aliphatic rings. The van der Waals surface area contributed by atoms with Gasteiger partial charge in [0.1, 0.15) is 0 Å². The molecule has 5 heteroatoms. The number of likely N-dealkylation sites (tertiary alicyclic amines) is 1. The van der Waals surface area contributed by atoms with Crippen LogP contribution in [-0.2, 0) is 0 Å². The summed E-state index contributed by atoms with van der Waals surface area (Å²) in [7, 11) is 0. The van der Waals surface area contributed by atoms with Crippen molar-refractivity contribution in [3.63, 3.8) is 0 Å². The molecule has 0 unspecified atom stereocenters. The number of hydrogen-bond donors (Lipinski definition) is 1. The number of carbonyl (C=O) groups is 1. The third-order valence-corrected chi connectivity index (χ3v) is 3.13. The van der Waals surface area contributed by atoms with Crippen molar-refractivity contribution in [3.8, 4) is 11.5 Å². The summed E-state index contributed by atoms with van der Waals surface area (Å²) in [6, 6.07) is 5.37. The topological polar surface area (TPSA) is 64.8 Å². The third-order valence-electron chi connectivity index (χ3n) is 3.13. The Morgan fingerprint density at radius 3 is 2.94 bits per heavy atom. The van der Waals surface area contributed by atoms with Crippen molar-refractivity contribution in [2.75, 3.05) is 19.9 Å². The molecule has 0 saturated carbocycles. The van der Waals surface area contributed by atoms with E-state index in [0.717, 1.165) is 13.0 Å². The van der Waals surface area contributed by atoms with Crippen LogP contribution in [0.5, 0.6) is 11.5 Å². The lowest BCUT2D eigenvalue weighted by Crippen LogP contribution is -2.31. The molecule has 2 aliphatic heterocycles. The number of hydrogen-bond acceptors (Lipinski definition) is 4. The number of benzene rings is 1. The number of nitrogens with two attached hydrogens (primary N) is 1. The lowest BCUT2D eigenvalue weighted by atomic mass is 10.2. The van der Waals surface area contributed by atoms with Gasteiger partial charge in [-0.15, -0.1) is 0 Å². The van der Waals surface area contributed by atoms with Gasteiger partial charge in [-0.25, -0.2) is 0 Å². The van der Waals surface area contributed by atoms with Crippen LogP contribution < -0.4 is 15.2 Å². The second-order valence-electron chi connectivity index (χ2n) is 4.37. The van der Waals surface area contributed by atoms with Gasteiger partial charge in [0, 0.05) is 24.7 Å². The first-order chi connectivity index (χ1) is 8.24. The van der Waals surface area contributed by atoms with Crippen molar-refractivity contribution in [2.24, 2.45) is 5.73 Å². The average Bonchev–Trinajstić information content (AvgIpc) is 2.95. The van der Waals surface area contributed by atoms with E-state index in [0.29, 0.717) is 23.6 Å². The number of amides is 1. The molecule has 0 bridgehead atoms. The fourth-order valence-corrected chi connectivity index (χ4v) is 2.18. The van der Waals surface area contributed by atoms with E-state index in [1.807, 2.05) is 0 Å². The summed E-state index contributed by atoms with van der Waals surface area (Å²) in [6.45, 7) is 1.59. The number of carbonyl (C=O) groups excluding carboxylic acids is 1. The first-order valence-corrected chi connectivity index (χ1v) is 5.68. The van der Waals surface area contributed by atoms with Crippen LogP contribution in [0.4, 0.5) is 0 Å². The van der Waals surface area contributed by atoms with Gasteiger partial charge in [-0.05, 0) is 24.6 Å². The predicted molar refractivity (Wildman–Crippen MR) is 61.1 cm³/mol. The summed E-state index contributed by atoms with van der Waals surface area (Å²) >= 11 is 0.